The second-order valence-corrected chi connectivity index (χ2v) is 6.71. The number of halogens is 1. The van der Waals surface area contributed by atoms with Crippen LogP contribution in [0.2, 0.25) is 5.15 Å². The number of aromatic nitrogens is 1. The molecule has 0 atom stereocenters. The van der Waals surface area contributed by atoms with Gasteiger partial charge in [-0.05, 0) is 12.1 Å². The van der Waals surface area contributed by atoms with Gasteiger partial charge in [0.2, 0.25) is 5.91 Å². The molecular formula is C18H10ClN3O2S. The first-order valence-electron chi connectivity index (χ1n) is 7.40. The lowest BCUT2D eigenvalue weighted by molar-refractivity contribution is -0.116. The molecule has 2 heterocycles. The van der Waals surface area contributed by atoms with E-state index in [0.29, 0.717) is 16.6 Å². The van der Waals surface area contributed by atoms with Gasteiger partial charge in [-0.2, -0.15) is 5.26 Å². The number of carbonyl (C=O) groups is 1. The van der Waals surface area contributed by atoms with Crippen LogP contribution in [0.1, 0.15) is 21.9 Å². The summed E-state index contributed by atoms with van der Waals surface area (Å²) >= 11 is 6.93. The van der Waals surface area contributed by atoms with Crippen LogP contribution in [-0.2, 0) is 4.79 Å². The number of nitrogens with zero attached hydrogens (tertiary/aromatic N) is 2. The van der Waals surface area contributed by atoms with Gasteiger partial charge in [-0.1, -0.05) is 59.3 Å². The predicted molar refractivity (Wildman–Crippen MR) is 95.3 cm³/mol. The molecule has 0 aliphatic carbocycles. The molecule has 0 unspecified atom stereocenters. The van der Waals surface area contributed by atoms with E-state index in [1.54, 1.807) is 0 Å². The molecular weight excluding hydrogens is 358 g/mol. The van der Waals surface area contributed by atoms with Gasteiger partial charge in [-0.25, -0.2) is 4.98 Å². The van der Waals surface area contributed by atoms with Gasteiger partial charge in [0, 0.05) is 11.1 Å². The number of carbonyl (C=O) groups excluding carboxylic acids is 1. The second-order valence-electron chi connectivity index (χ2n) is 5.35. The smallest absolute Gasteiger partial charge is 0.238 e. The number of para-hydroxylation sites is 2. The summed E-state index contributed by atoms with van der Waals surface area (Å²) in [5.41, 5.74) is 1.56. The van der Waals surface area contributed by atoms with Crippen LogP contribution in [0, 0.1) is 11.3 Å². The fraction of sp³-hybridized carbons (Fsp3) is 0.0556. The van der Waals surface area contributed by atoms with Crippen LogP contribution < -0.4 is 10.1 Å². The van der Waals surface area contributed by atoms with Gasteiger partial charge >= 0.3 is 0 Å². The van der Waals surface area contributed by atoms with Crippen molar-refractivity contribution in [3.8, 4) is 17.6 Å². The Hall–Kier alpha value is -2.88. The fourth-order valence-corrected chi connectivity index (χ4v) is 3.74. The van der Waals surface area contributed by atoms with Crippen molar-refractivity contribution in [1.29, 1.82) is 5.26 Å². The van der Waals surface area contributed by atoms with Crippen molar-refractivity contribution in [3.63, 3.8) is 0 Å². The number of thiazole rings is 1. The third-order valence-electron chi connectivity index (χ3n) is 3.86. The number of nitrogens with one attached hydrogen (secondary N) is 1. The van der Waals surface area contributed by atoms with E-state index in [2.05, 4.69) is 10.3 Å². The molecule has 7 heteroatoms. The molecule has 0 saturated heterocycles. The highest BCUT2D eigenvalue weighted by molar-refractivity contribution is 7.16. The van der Waals surface area contributed by atoms with E-state index in [-0.39, 0.29) is 15.9 Å². The van der Waals surface area contributed by atoms with Crippen molar-refractivity contribution in [2.45, 2.75) is 5.92 Å². The molecule has 2 aromatic carbocycles. The summed E-state index contributed by atoms with van der Waals surface area (Å²) in [6, 6.07) is 16.8. The normalized spacial score (nSPS) is 12.5. The summed E-state index contributed by atoms with van der Waals surface area (Å²) < 4.78 is 5.89. The number of amides is 1. The number of benzene rings is 2. The van der Waals surface area contributed by atoms with E-state index < -0.39 is 5.92 Å². The minimum atomic E-state index is -0.533. The molecule has 122 valence electrons. The van der Waals surface area contributed by atoms with Crippen molar-refractivity contribution >= 4 is 34.0 Å². The van der Waals surface area contributed by atoms with Crippen LogP contribution in [0.4, 0.5) is 5.13 Å². The first kappa shape index (κ1) is 15.6. The SMILES string of the molecule is N#Cc1sc(NC(=O)C2c3ccccc3Oc3ccccc32)nc1Cl. The topological polar surface area (TPSA) is 75.0 Å². The first-order valence-corrected chi connectivity index (χ1v) is 8.60. The summed E-state index contributed by atoms with van der Waals surface area (Å²) in [5.74, 6) is 0.514. The highest BCUT2D eigenvalue weighted by atomic mass is 35.5. The van der Waals surface area contributed by atoms with Crippen LogP contribution in [0.25, 0.3) is 0 Å². The molecule has 0 spiro atoms. The fourth-order valence-electron chi connectivity index (χ4n) is 2.79. The molecule has 1 aromatic heterocycles. The zero-order valence-corrected chi connectivity index (χ0v) is 14.3. The standard InChI is InChI=1S/C18H10ClN3O2S/c19-16-14(9-20)25-18(21-16)22-17(23)15-10-5-1-3-7-12(10)24-13-8-4-2-6-11(13)15/h1-8,15H,(H,21,22,23). The Morgan fingerprint density at radius 2 is 1.76 bits per heavy atom. The Morgan fingerprint density at radius 1 is 1.16 bits per heavy atom. The highest BCUT2D eigenvalue weighted by Gasteiger charge is 2.32. The summed E-state index contributed by atoms with van der Waals surface area (Å²) in [5, 5.41) is 12.1. The van der Waals surface area contributed by atoms with Gasteiger partial charge in [0.05, 0.1) is 5.92 Å². The lowest BCUT2D eigenvalue weighted by atomic mass is 9.87. The number of hydrogen-bond acceptors (Lipinski definition) is 5. The monoisotopic (exact) mass is 367 g/mol. The van der Waals surface area contributed by atoms with Crippen LogP contribution in [-0.4, -0.2) is 10.9 Å². The Morgan fingerprint density at radius 3 is 2.32 bits per heavy atom. The number of fused-ring (bicyclic) bond motifs is 2. The molecule has 0 fully saturated rings. The maximum Gasteiger partial charge on any atom is 0.238 e. The van der Waals surface area contributed by atoms with Gasteiger partial charge in [-0.3, -0.25) is 4.79 Å². The predicted octanol–water partition coefficient (Wildman–Crippen LogP) is 4.54. The van der Waals surface area contributed by atoms with Crippen LogP contribution in [0.15, 0.2) is 48.5 Å². The van der Waals surface area contributed by atoms with E-state index in [9.17, 15) is 4.79 Å². The van der Waals surface area contributed by atoms with Gasteiger partial charge < -0.3 is 10.1 Å². The molecule has 1 aliphatic heterocycles. The molecule has 3 aromatic rings. The zero-order chi connectivity index (χ0) is 17.4. The Labute approximate surface area is 152 Å². The van der Waals surface area contributed by atoms with Crippen LogP contribution in [0.5, 0.6) is 11.5 Å². The summed E-state index contributed by atoms with van der Waals surface area (Å²) in [6.45, 7) is 0. The summed E-state index contributed by atoms with van der Waals surface area (Å²) in [6.07, 6.45) is 0. The molecule has 0 saturated carbocycles. The number of nitriles is 1. The summed E-state index contributed by atoms with van der Waals surface area (Å²) in [4.78, 5) is 17.3. The second kappa shape index (κ2) is 6.20. The number of anilines is 1. The van der Waals surface area contributed by atoms with Crippen molar-refractivity contribution in [1.82, 2.24) is 4.98 Å². The maximum atomic E-state index is 13.0. The Kier molecular flexibility index (Phi) is 3.88. The molecule has 4 rings (SSSR count). The third-order valence-corrected chi connectivity index (χ3v) is 5.12. The molecule has 0 radical (unpaired) electrons. The van der Waals surface area contributed by atoms with Crippen molar-refractivity contribution in [2.24, 2.45) is 0 Å². The van der Waals surface area contributed by atoms with Gasteiger partial charge in [0.1, 0.15) is 22.4 Å². The van der Waals surface area contributed by atoms with Crippen molar-refractivity contribution < 1.29 is 9.53 Å². The molecule has 0 bridgehead atoms. The average molecular weight is 368 g/mol. The zero-order valence-electron chi connectivity index (χ0n) is 12.7. The van der Waals surface area contributed by atoms with Crippen LogP contribution in [0.3, 0.4) is 0 Å². The average Bonchev–Trinajstić information content (AvgIpc) is 2.98. The highest BCUT2D eigenvalue weighted by Crippen LogP contribution is 2.44. The first-order chi connectivity index (χ1) is 12.2. The number of hydrogen-bond donors (Lipinski definition) is 1. The Bertz CT molecular complexity index is 980. The minimum absolute atomic E-state index is 0.0931. The maximum absolute atomic E-state index is 13.0. The molecule has 25 heavy (non-hydrogen) atoms. The van der Waals surface area contributed by atoms with E-state index in [0.717, 1.165) is 22.5 Å². The molecule has 5 nitrogen and oxygen atoms in total. The molecule has 1 N–H and O–H groups in total. The Balaban J connectivity index is 1.74. The van der Waals surface area contributed by atoms with E-state index >= 15 is 0 Å². The molecule has 1 amide bonds. The van der Waals surface area contributed by atoms with Crippen LogP contribution >= 0.6 is 22.9 Å². The summed E-state index contributed by atoms with van der Waals surface area (Å²) in [7, 11) is 0. The molecule has 1 aliphatic rings. The number of ether oxygens (including phenoxy) is 1. The van der Waals surface area contributed by atoms with E-state index in [4.69, 9.17) is 21.6 Å². The van der Waals surface area contributed by atoms with E-state index in [1.807, 2.05) is 54.6 Å². The lowest BCUT2D eigenvalue weighted by Crippen LogP contribution is -2.25. The number of rotatable bonds is 2. The van der Waals surface area contributed by atoms with Crippen molar-refractivity contribution in [2.75, 3.05) is 5.32 Å². The van der Waals surface area contributed by atoms with E-state index in [1.165, 1.54) is 0 Å². The lowest BCUT2D eigenvalue weighted by Gasteiger charge is -2.27. The van der Waals surface area contributed by atoms with Gasteiger partial charge in [0.25, 0.3) is 0 Å². The quantitative estimate of drug-likeness (QED) is 0.721. The minimum Gasteiger partial charge on any atom is -0.457 e. The largest absolute Gasteiger partial charge is 0.457 e. The third kappa shape index (κ3) is 2.74. The van der Waals surface area contributed by atoms with Gasteiger partial charge in [0.15, 0.2) is 10.3 Å². The van der Waals surface area contributed by atoms with Crippen molar-refractivity contribution in [3.05, 3.63) is 69.7 Å². The van der Waals surface area contributed by atoms with Gasteiger partial charge in [-0.15, -0.1) is 0 Å².